The molecule has 0 aromatic rings. The molecule has 0 spiro atoms. The first-order valence-electron chi connectivity index (χ1n) is 7.48. The third-order valence-corrected chi connectivity index (χ3v) is 3.56. The van der Waals surface area contributed by atoms with Gasteiger partial charge in [-0.15, -0.1) is 0 Å². The lowest BCUT2D eigenvalue weighted by molar-refractivity contribution is 0.0527. The van der Waals surface area contributed by atoms with Gasteiger partial charge in [0, 0.05) is 13.1 Å². The molecule has 0 unspecified atom stereocenters. The van der Waals surface area contributed by atoms with Gasteiger partial charge in [-0.2, -0.15) is 0 Å². The molecule has 112 valence electrons. The van der Waals surface area contributed by atoms with Crippen molar-refractivity contribution in [1.29, 1.82) is 0 Å². The number of carbonyl (C=O) groups is 1. The molecule has 0 saturated heterocycles. The van der Waals surface area contributed by atoms with E-state index < -0.39 is 5.60 Å². The summed E-state index contributed by atoms with van der Waals surface area (Å²) in [5.41, 5.74) is 0.0813. The van der Waals surface area contributed by atoms with E-state index in [0.29, 0.717) is 12.0 Å². The number of carbonyl (C=O) groups excluding carboxylic acids is 1. The minimum Gasteiger partial charge on any atom is -0.444 e. The third kappa shape index (κ3) is 7.41. The fourth-order valence-corrected chi connectivity index (χ4v) is 2.51. The standard InChI is InChI=1S/C15H30N2O2/c1-14(2,3)19-13(18)17-11-7-10-16-12-15(4)8-5-6-9-15/h16H,5-12H2,1-4H3,(H,17,18). The Hall–Kier alpha value is -0.770. The van der Waals surface area contributed by atoms with Crippen molar-refractivity contribution in [2.45, 2.75) is 65.4 Å². The first-order valence-corrected chi connectivity index (χ1v) is 7.48. The highest BCUT2D eigenvalue weighted by Gasteiger charge is 2.27. The summed E-state index contributed by atoms with van der Waals surface area (Å²) in [6.07, 6.45) is 6.05. The van der Waals surface area contributed by atoms with Crippen molar-refractivity contribution in [1.82, 2.24) is 10.6 Å². The summed E-state index contributed by atoms with van der Waals surface area (Å²) in [4.78, 5) is 11.4. The number of rotatable bonds is 6. The van der Waals surface area contributed by atoms with Gasteiger partial charge in [-0.1, -0.05) is 19.8 Å². The van der Waals surface area contributed by atoms with Crippen LogP contribution in [0.4, 0.5) is 4.79 Å². The summed E-state index contributed by atoms with van der Waals surface area (Å²) in [7, 11) is 0. The predicted octanol–water partition coefficient (Wildman–Crippen LogP) is 3.07. The van der Waals surface area contributed by atoms with Gasteiger partial charge in [0.2, 0.25) is 0 Å². The van der Waals surface area contributed by atoms with Crippen molar-refractivity contribution < 1.29 is 9.53 Å². The number of hydrogen-bond donors (Lipinski definition) is 2. The van der Waals surface area contributed by atoms with Crippen LogP contribution in [-0.2, 0) is 4.74 Å². The maximum absolute atomic E-state index is 11.4. The van der Waals surface area contributed by atoms with Crippen molar-refractivity contribution in [3.8, 4) is 0 Å². The van der Waals surface area contributed by atoms with Crippen molar-refractivity contribution in [2.24, 2.45) is 5.41 Å². The highest BCUT2D eigenvalue weighted by atomic mass is 16.6. The lowest BCUT2D eigenvalue weighted by atomic mass is 9.89. The van der Waals surface area contributed by atoms with Gasteiger partial charge in [-0.05, 0) is 52.0 Å². The van der Waals surface area contributed by atoms with Crippen LogP contribution in [0.15, 0.2) is 0 Å². The first-order chi connectivity index (χ1) is 8.81. The lowest BCUT2D eigenvalue weighted by Crippen LogP contribution is -2.35. The molecule has 0 aliphatic heterocycles. The van der Waals surface area contributed by atoms with Crippen LogP contribution in [-0.4, -0.2) is 31.3 Å². The normalized spacial score (nSPS) is 18.3. The highest BCUT2D eigenvalue weighted by molar-refractivity contribution is 5.67. The monoisotopic (exact) mass is 270 g/mol. The van der Waals surface area contributed by atoms with Gasteiger partial charge in [0.1, 0.15) is 5.60 Å². The second-order valence-electron chi connectivity index (χ2n) is 6.98. The predicted molar refractivity (Wildman–Crippen MR) is 78.3 cm³/mol. The largest absolute Gasteiger partial charge is 0.444 e. The minimum absolute atomic E-state index is 0.324. The Bertz CT molecular complexity index is 278. The van der Waals surface area contributed by atoms with Crippen LogP contribution in [0, 0.1) is 5.41 Å². The van der Waals surface area contributed by atoms with E-state index in [1.54, 1.807) is 0 Å². The summed E-state index contributed by atoms with van der Waals surface area (Å²) in [5.74, 6) is 0. The molecule has 1 rings (SSSR count). The van der Waals surface area contributed by atoms with Crippen LogP contribution >= 0.6 is 0 Å². The average Bonchev–Trinajstić information content (AvgIpc) is 2.68. The molecule has 1 saturated carbocycles. The maximum atomic E-state index is 11.4. The van der Waals surface area contributed by atoms with Gasteiger partial charge in [0.25, 0.3) is 0 Å². The van der Waals surface area contributed by atoms with Crippen molar-refractivity contribution in [3.63, 3.8) is 0 Å². The Balaban J connectivity index is 1.98. The summed E-state index contributed by atoms with van der Waals surface area (Å²) >= 11 is 0. The summed E-state index contributed by atoms with van der Waals surface area (Å²) in [5, 5.41) is 6.27. The van der Waals surface area contributed by atoms with Gasteiger partial charge in [-0.25, -0.2) is 4.79 Å². The van der Waals surface area contributed by atoms with E-state index in [2.05, 4.69) is 17.6 Å². The van der Waals surface area contributed by atoms with E-state index in [1.165, 1.54) is 25.7 Å². The summed E-state index contributed by atoms with van der Waals surface area (Å²) in [6.45, 7) is 10.7. The number of alkyl carbamates (subject to hydrolysis) is 1. The molecule has 4 heteroatoms. The van der Waals surface area contributed by atoms with Crippen molar-refractivity contribution >= 4 is 6.09 Å². The number of hydrogen-bond acceptors (Lipinski definition) is 3. The Morgan fingerprint density at radius 1 is 1.21 bits per heavy atom. The fourth-order valence-electron chi connectivity index (χ4n) is 2.51. The van der Waals surface area contributed by atoms with Crippen LogP contribution in [0.2, 0.25) is 0 Å². The zero-order valence-electron chi connectivity index (χ0n) is 13.0. The SMILES string of the molecule is CC1(CNCCCNC(=O)OC(C)(C)C)CCCC1. The number of amides is 1. The summed E-state index contributed by atoms with van der Waals surface area (Å²) in [6, 6.07) is 0. The molecule has 0 aromatic carbocycles. The van der Waals surface area contributed by atoms with E-state index in [1.807, 2.05) is 20.8 Å². The molecule has 0 radical (unpaired) electrons. The topological polar surface area (TPSA) is 50.4 Å². The fraction of sp³-hybridized carbons (Fsp3) is 0.933. The summed E-state index contributed by atoms with van der Waals surface area (Å²) < 4.78 is 5.17. The minimum atomic E-state index is -0.417. The molecule has 1 aliphatic rings. The molecule has 1 aliphatic carbocycles. The third-order valence-electron chi connectivity index (χ3n) is 3.56. The molecular weight excluding hydrogens is 240 g/mol. The zero-order chi connectivity index (χ0) is 14.4. The quantitative estimate of drug-likeness (QED) is 0.729. The average molecular weight is 270 g/mol. The van der Waals surface area contributed by atoms with E-state index in [4.69, 9.17) is 4.74 Å². The lowest BCUT2D eigenvalue weighted by Gasteiger charge is -2.24. The van der Waals surface area contributed by atoms with Gasteiger partial charge in [0.05, 0.1) is 0 Å². The van der Waals surface area contributed by atoms with Crippen LogP contribution < -0.4 is 10.6 Å². The zero-order valence-corrected chi connectivity index (χ0v) is 13.0. The highest BCUT2D eigenvalue weighted by Crippen LogP contribution is 2.36. The number of nitrogens with one attached hydrogen (secondary N) is 2. The molecule has 1 fully saturated rings. The van der Waals surface area contributed by atoms with Gasteiger partial charge in [-0.3, -0.25) is 0 Å². The van der Waals surface area contributed by atoms with E-state index >= 15 is 0 Å². The molecular formula is C15H30N2O2. The van der Waals surface area contributed by atoms with Gasteiger partial charge < -0.3 is 15.4 Å². The maximum Gasteiger partial charge on any atom is 0.407 e. The molecule has 0 heterocycles. The molecule has 0 atom stereocenters. The molecule has 19 heavy (non-hydrogen) atoms. The van der Waals surface area contributed by atoms with E-state index in [-0.39, 0.29) is 6.09 Å². The Morgan fingerprint density at radius 3 is 2.42 bits per heavy atom. The Morgan fingerprint density at radius 2 is 1.84 bits per heavy atom. The van der Waals surface area contributed by atoms with Gasteiger partial charge in [0.15, 0.2) is 0 Å². The Kier molecular flexibility index (Phi) is 6.11. The molecule has 0 bridgehead atoms. The smallest absolute Gasteiger partial charge is 0.407 e. The molecule has 0 aromatic heterocycles. The van der Waals surface area contributed by atoms with Crippen molar-refractivity contribution in [2.75, 3.05) is 19.6 Å². The van der Waals surface area contributed by atoms with Crippen molar-refractivity contribution in [3.05, 3.63) is 0 Å². The Labute approximate surface area is 117 Å². The van der Waals surface area contributed by atoms with Crippen LogP contribution in [0.3, 0.4) is 0 Å². The van der Waals surface area contributed by atoms with E-state index in [9.17, 15) is 4.79 Å². The molecule has 2 N–H and O–H groups in total. The molecule has 4 nitrogen and oxygen atoms in total. The van der Waals surface area contributed by atoms with Crippen LogP contribution in [0.5, 0.6) is 0 Å². The van der Waals surface area contributed by atoms with E-state index in [0.717, 1.165) is 19.5 Å². The molecule has 1 amide bonds. The second-order valence-corrected chi connectivity index (χ2v) is 6.98. The second kappa shape index (κ2) is 7.13. The van der Waals surface area contributed by atoms with Crippen LogP contribution in [0.1, 0.15) is 59.8 Å². The first kappa shape index (κ1) is 16.3. The van der Waals surface area contributed by atoms with Gasteiger partial charge >= 0.3 is 6.09 Å². The number of ether oxygens (including phenoxy) is 1. The van der Waals surface area contributed by atoms with Crippen LogP contribution in [0.25, 0.3) is 0 Å².